The predicted octanol–water partition coefficient (Wildman–Crippen LogP) is -2.63. The molecule has 56 valence electrons. The molecule has 0 saturated carbocycles. The van der Waals surface area contributed by atoms with E-state index in [4.69, 9.17) is 10.0 Å². The Morgan fingerprint density at radius 3 is 1.50 bits per heavy atom. The maximum absolute atomic E-state index is 10.2. The molecule has 0 atom stereocenters. The van der Waals surface area contributed by atoms with Crippen LogP contribution in [-0.2, 0) is 4.86 Å². The first-order valence-electron chi connectivity index (χ1n) is 1.68. The molecule has 0 heterocycles. The van der Waals surface area contributed by atoms with E-state index in [9.17, 15) is 13.3 Å². The Labute approximate surface area is 99.9 Å². The molecule has 0 aromatic carbocycles. The largest absolute Gasteiger partial charge is 1.00 e. The Morgan fingerprint density at radius 1 is 1.30 bits per heavy atom. The Bertz CT molecular complexity index is 73.6. The van der Waals surface area contributed by atoms with Gasteiger partial charge in [0, 0.05) is 0 Å². The average molecular weight is 184 g/mol. The second kappa shape index (κ2) is 16.6. The summed E-state index contributed by atoms with van der Waals surface area (Å²) >= 11 is 0. The van der Waals surface area contributed by atoms with Gasteiger partial charge < -0.3 is 11.5 Å². The summed E-state index contributed by atoms with van der Waals surface area (Å²) in [6.07, 6.45) is -0.333. The van der Waals surface area contributed by atoms with Crippen LogP contribution in [0.1, 0.15) is 1.43 Å². The van der Waals surface area contributed by atoms with Gasteiger partial charge in [-0.05, 0) is 0 Å². The molecule has 0 radical (unpaired) electrons. The topological polar surface area (TPSA) is 49.7 Å². The van der Waals surface area contributed by atoms with Crippen molar-refractivity contribution < 1.29 is 81.0 Å². The van der Waals surface area contributed by atoms with Crippen LogP contribution < -0.4 is 51.4 Å². The zero-order valence-corrected chi connectivity index (χ0v) is 8.29. The van der Waals surface area contributed by atoms with Crippen molar-refractivity contribution >= 4 is 7.32 Å². The van der Waals surface area contributed by atoms with Gasteiger partial charge in [-0.1, -0.05) is 4.53 Å². The molecule has 0 saturated heterocycles. The first kappa shape index (κ1) is 17.3. The van der Waals surface area contributed by atoms with Gasteiger partial charge >= 0.3 is 58.7 Å². The zero-order valence-electron chi connectivity index (χ0n) is 6.17. The smallest absolute Gasteiger partial charge is 1.00 e. The molecule has 0 aliphatic carbocycles. The number of hydrogen-bond donors (Lipinski definition) is 2. The SMILES string of the molecule is FC=CF.OB(O)OF.[H-].[K+]. The van der Waals surface area contributed by atoms with Crippen LogP contribution in [0.3, 0.4) is 0 Å². The second-order valence-corrected chi connectivity index (χ2v) is 0.667. The molecule has 0 aliphatic heterocycles. The van der Waals surface area contributed by atoms with Crippen LogP contribution >= 0.6 is 0 Å². The fraction of sp³-hybridized carbons (Fsp3) is 0. The van der Waals surface area contributed by atoms with E-state index >= 15 is 0 Å². The third-order valence-corrected chi connectivity index (χ3v) is 0.127. The molecular formula is C2H5BF3KO3. The summed E-state index contributed by atoms with van der Waals surface area (Å²) in [6.45, 7) is 0. The van der Waals surface area contributed by atoms with Gasteiger partial charge in [-0.3, -0.25) is 0 Å². The monoisotopic (exact) mass is 184 g/mol. The summed E-state index contributed by atoms with van der Waals surface area (Å²) in [4.78, 5) is 2.36. The molecule has 0 amide bonds. The molecule has 0 aromatic rings. The predicted molar refractivity (Wildman–Crippen MR) is 24.9 cm³/mol. The van der Waals surface area contributed by atoms with E-state index in [1.807, 2.05) is 0 Å². The van der Waals surface area contributed by atoms with E-state index in [2.05, 4.69) is 4.86 Å². The van der Waals surface area contributed by atoms with E-state index in [1.165, 1.54) is 0 Å². The molecule has 8 heteroatoms. The summed E-state index contributed by atoms with van der Waals surface area (Å²) in [5, 5.41) is 14.6. The van der Waals surface area contributed by atoms with Crippen LogP contribution in [0.25, 0.3) is 0 Å². The van der Waals surface area contributed by atoms with Crippen molar-refractivity contribution in [2.75, 3.05) is 0 Å². The molecule has 3 nitrogen and oxygen atoms in total. The minimum absolute atomic E-state index is 0. The average Bonchev–Trinajstić information content (AvgIpc) is 1.89. The van der Waals surface area contributed by atoms with Gasteiger partial charge in [-0.25, -0.2) is 8.78 Å². The van der Waals surface area contributed by atoms with E-state index in [0.717, 1.165) is 0 Å². The second-order valence-electron chi connectivity index (χ2n) is 0.667. The van der Waals surface area contributed by atoms with Gasteiger partial charge in [0.1, 0.15) is 12.7 Å². The van der Waals surface area contributed by atoms with Crippen molar-refractivity contribution in [2.45, 2.75) is 0 Å². The van der Waals surface area contributed by atoms with E-state index in [-0.39, 0.29) is 65.5 Å². The Hall–Kier alpha value is 1.11. The van der Waals surface area contributed by atoms with Crippen LogP contribution in [0.15, 0.2) is 12.7 Å². The van der Waals surface area contributed by atoms with Gasteiger partial charge in [-0.15, -0.1) is 0 Å². The molecule has 0 bridgehead atoms. The summed E-state index contributed by atoms with van der Waals surface area (Å²) in [5.41, 5.74) is 0. The van der Waals surface area contributed by atoms with Gasteiger partial charge in [0.2, 0.25) is 0 Å². The van der Waals surface area contributed by atoms with Crippen LogP contribution in [0.5, 0.6) is 0 Å². The third-order valence-electron chi connectivity index (χ3n) is 0.127. The molecule has 0 rings (SSSR count). The maximum atomic E-state index is 10.2. The first-order valence-corrected chi connectivity index (χ1v) is 1.68. The Balaban J connectivity index is -0.0000000383. The van der Waals surface area contributed by atoms with Gasteiger partial charge in [0.25, 0.3) is 0 Å². The fourth-order valence-corrected chi connectivity index (χ4v) is 0. The maximum Gasteiger partial charge on any atom is 1.00 e. The molecule has 10 heavy (non-hydrogen) atoms. The van der Waals surface area contributed by atoms with Gasteiger partial charge in [-0.2, -0.15) is 4.86 Å². The zero-order chi connectivity index (χ0) is 7.70. The molecule has 0 aliphatic rings. The Morgan fingerprint density at radius 2 is 1.50 bits per heavy atom. The summed E-state index contributed by atoms with van der Waals surface area (Å²) < 4.78 is 30.4. The van der Waals surface area contributed by atoms with Crippen molar-refractivity contribution in [2.24, 2.45) is 0 Å². The van der Waals surface area contributed by atoms with Crippen LogP contribution in [0, 0.1) is 0 Å². The minimum atomic E-state index is -2.28. The van der Waals surface area contributed by atoms with Crippen molar-refractivity contribution in [3.8, 4) is 0 Å². The quantitative estimate of drug-likeness (QED) is 0.438. The Kier molecular flexibility index (Phi) is 28.7. The normalized spacial score (nSPS) is 7.70. The van der Waals surface area contributed by atoms with Gasteiger partial charge in [0.15, 0.2) is 0 Å². The van der Waals surface area contributed by atoms with Crippen LogP contribution in [-0.4, -0.2) is 17.4 Å². The molecule has 0 aromatic heterocycles. The number of hydrogen-bond acceptors (Lipinski definition) is 3. The molecule has 0 spiro atoms. The van der Waals surface area contributed by atoms with Crippen molar-refractivity contribution in [1.29, 1.82) is 0 Å². The molecule has 0 unspecified atom stereocenters. The molecule has 0 fully saturated rings. The third kappa shape index (κ3) is 35.5. The van der Waals surface area contributed by atoms with Crippen molar-refractivity contribution in [1.82, 2.24) is 0 Å². The summed E-state index contributed by atoms with van der Waals surface area (Å²) in [7, 11) is -2.28. The van der Waals surface area contributed by atoms with Crippen molar-refractivity contribution in [3.63, 3.8) is 0 Å². The summed E-state index contributed by atoms with van der Waals surface area (Å²) in [6, 6.07) is 0. The van der Waals surface area contributed by atoms with E-state index < -0.39 is 7.32 Å². The van der Waals surface area contributed by atoms with E-state index in [1.54, 1.807) is 0 Å². The minimum Gasteiger partial charge on any atom is -1.00 e. The van der Waals surface area contributed by atoms with Crippen LogP contribution in [0.4, 0.5) is 13.3 Å². The van der Waals surface area contributed by atoms with E-state index in [0.29, 0.717) is 0 Å². The van der Waals surface area contributed by atoms with Crippen LogP contribution in [0.2, 0.25) is 0 Å². The number of halogens is 3. The van der Waals surface area contributed by atoms with Gasteiger partial charge in [0.05, 0.1) is 0 Å². The van der Waals surface area contributed by atoms with Crippen molar-refractivity contribution in [3.05, 3.63) is 12.7 Å². The molecule has 2 N–H and O–H groups in total. The summed E-state index contributed by atoms with van der Waals surface area (Å²) in [5.74, 6) is 0. The standard InChI is InChI=1S/C2H2F2.BFH2O3.K.H/c3-1-2-4;2-5-1(3)4;;/h1-2H;3-4H;;/q;;+1;-1. The number of rotatable bonds is 1. The first-order chi connectivity index (χ1) is 4.18. The fourth-order valence-electron chi connectivity index (χ4n) is 0. The molecular weight excluding hydrogens is 179 g/mol.